The zero-order valence-electron chi connectivity index (χ0n) is 14.6. The predicted molar refractivity (Wildman–Crippen MR) is 107 cm³/mol. The van der Waals surface area contributed by atoms with Crippen LogP contribution in [0.5, 0.6) is 0 Å². The van der Waals surface area contributed by atoms with Crippen LogP contribution < -0.4 is 10.4 Å². The van der Waals surface area contributed by atoms with Gasteiger partial charge in [0.25, 0.3) is 8.32 Å². The minimum Gasteiger partial charge on any atom is -0.400 e. The number of benzene rings is 2. The van der Waals surface area contributed by atoms with Crippen molar-refractivity contribution in [2.75, 3.05) is 0 Å². The van der Waals surface area contributed by atoms with E-state index in [-0.39, 0.29) is 5.34 Å². The van der Waals surface area contributed by atoms with Crippen molar-refractivity contribution >= 4 is 27.9 Å². The first kappa shape index (κ1) is 18.4. The molecule has 3 heteroatoms. The summed E-state index contributed by atoms with van der Waals surface area (Å²) in [5.74, 6) is 0. The molecule has 124 valence electrons. The smallest absolute Gasteiger partial charge is 0.253 e. The molecule has 0 amide bonds. The van der Waals surface area contributed by atoms with Crippen LogP contribution in [-0.2, 0) is 4.43 Å². The molecule has 23 heavy (non-hydrogen) atoms. The predicted octanol–water partition coefficient (Wildman–Crippen LogP) is 4.56. The van der Waals surface area contributed by atoms with E-state index >= 15 is 0 Å². The van der Waals surface area contributed by atoms with Crippen LogP contribution in [0.2, 0.25) is 6.55 Å². The van der Waals surface area contributed by atoms with Crippen LogP contribution in [0.4, 0.5) is 0 Å². The third-order valence-electron chi connectivity index (χ3n) is 4.40. The van der Waals surface area contributed by atoms with E-state index in [4.69, 9.17) is 4.43 Å². The summed E-state index contributed by atoms with van der Waals surface area (Å²) in [6.07, 6.45) is 4.43. The van der Waals surface area contributed by atoms with Crippen molar-refractivity contribution in [1.82, 2.24) is 0 Å². The first-order chi connectivity index (χ1) is 11.0. The highest BCUT2D eigenvalue weighted by molar-refractivity contribution is 7.19. The number of hydrogen-bond donors (Lipinski definition) is 0. The largest absolute Gasteiger partial charge is 0.400 e. The van der Waals surface area contributed by atoms with E-state index in [1.807, 2.05) is 0 Å². The van der Waals surface area contributed by atoms with E-state index < -0.39 is 8.32 Å². The Balaban J connectivity index is 2.46. The van der Waals surface area contributed by atoms with Gasteiger partial charge < -0.3 is 4.43 Å². The van der Waals surface area contributed by atoms with E-state index in [0.29, 0.717) is 0 Å². The van der Waals surface area contributed by atoms with E-state index in [9.17, 15) is 0 Å². The summed E-state index contributed by atoms with van der Waals surface area (Å²) in [6, 6.07) is 21.5. The molecule has 0 saturated heterocycles. The van der Waals surface area contributed by atoms with Crippen LogP contribution in [0.3, 0.4) is 0 Å². The lowest BCUT2D eigenvalue weighted by Gasteiger charge is -2.40. The molecule has 1 unspecified atom stereocenters. The van der Waals surface area contributed by atoms with Crippen LogP contribution in [0, 0.1) is 0 Å². The average molecular weight is 345 g/mol. The highest BCUT2D eigenvalue weighted by Crippen LogP contribution is 2.34. The van der Waals surface area contributed by atoms with Gasteiger partial charge in [-0.2, -0.15) is 0 Å². The molecule has 0 spiro atoms. The van der Waals surface area contributed by atoms with Crippen molar-refractivity contribution in [3.05, 3.63) is 60.7 Å². The average Bonchev–Trinajstić information content (AvgIpc) is 2.56. The second-order valence-corrected chi connectivity index (χ2v) is 10.9. The molecular formula is C20H29OPSi. The zero-order valence-corrected chi connectivity index (χ0v) is 16.7. The van der Waals surface area contributed by atoms with Crippen molar-refractivity contribution in [3.8, 4) is 0 Å². The first-order valence-electron chi connectivity index (χ1n) is 8.64. The molecular weight excluding hydrogens is 315 g/mol. The second-order valence-electron chi connectivity index (χ2n) is 6.43. The first-order valence-corrected chi connectivity index (χ1v) is 11.6. The van der Waals surface area contributed by atoms with Gasteiger partial charge in [0.05, 0.1) is 5.34 Å². The van der Waals surface area contributed by atoms with E-state index in [2.05, 4.69) is 90.3 Å². The molecule has 0 aliphatic heterocycles. The monoisotopic (exact) mass is 344 g/mol. The highest BCUT2D eigenvalue weighted by atomic mass is 31.0. The van der Waals surface area contributed by atoms with Gasteiger partial charge in [0, 0.05) is 0 Å². The Morgan fingerprint density at radius 1 is 0.826 bits per heavy atom. The Labute approximate surface area is 144 Å². The van der Waals surface area contributed by atoms with Gasteiger partial charge in [-0.3, -0.25) is 0 Å². The summed E-state index contributed by atoms with van der Waals surface area (Å²) in [4.78, 5) is 0. The van der Waals surface area contributed by atoms with Gasteiger partial charge in [-0.15, -0.1) is 9.24 Å². The Kier molecular flexibility index (Phi) is 6.58. The van der Waals surface area contributed by atoms with Crippen LogP contribution in [0.15, 0.2) is 60.7 Å². The Bertz CT molecular complexity index is 540. The van der Waals surface area contributed by atoms with Crippen molar-refractivity contribution < 1.29 is 4.43 Å². The van der Waals surface area contributed by atoms with Gasteiger partial charge in [0.15, 0.2) is 0 Å². The van der Waals surface area contributed by atoms with Crippen molar-refractivity contribution in [3.63, 3.8) is 0 Å². The van der Waals surface area contributed by atoms with Crippen LogP contribution in [-0.4, -0.2) is 13.7 Å². The Morgan fingerprint density at radius 2 is 1.22 bits per heavy atom. The molecule has 0 aromatic heterocycles. The van der Waals surface area contributed by atoms with Crippen LogP contribution in [0.1, 0.15) is 39.5 Å². The van der Waals surface area contributed by atoms with Crippen molar-refractivity contribution in [1.29, 1.82) is 0 Å². The maximum Gasteiger partial charge on any atom is 0.253 e. The molecule has 2 aromatic carbocycles. The molecule has 0 radical (unpaired) electrons. The van der Waals surface area contributed by atoms with Gasteiger partial charge in [-0.1, -0.05) is 87.4 Å². The second kappa shape index (κ2) is 8.24. The standard InChI is InChI=1S/C20H29OPSi/c1-4-16-20(22,17-5-2)21-23(3,18-12-8-6-9-13-18)19-14-10-7-11-15-19/h6-15H,4-5,16-17,22H2,1-3H3. The lowest BCUT2D eigenvalue weighted by Crippen LogP contribution is -2.61. The zero-order chi connectivity index (χ0) is 16.8. The molecule has 1 atom stereocenters. The van der Waals surface area contributed by atoms with Gasteiger partial charge in [0.2, 0.25) is 0 Å². The third kappa shape index (κ3) is 4.53. The lowest BCUT2D eigenvalue weighted by molar-refractivity contribution is 0.139. The summed E-state index contributed by atoms with van der Waals surface area (Å²) in [6.45, 7) is 6.81. The van der Waals surface area contributed by atoms with Crippen molar-refractivity contribution in [2.24, 2.45) is 0 Å². The minimum absolute atomic E-state index is 0.129. The van der Waals surface area contributed by atoms with Crippen LogP contribution in [0.25, 0.3) is 0 Å². The lowest BCUT2D eigenvalue weighted by atomic mass is 10.1. The SMILES string of the molecule is CCCC(P)(CCC)O[Si](C)(c1ccccc1)c1ccccc1. The summed E-state index contributed by atoms with van der Waals surface area (Å²) in [7, 11) is 0.802. The fraction of sp³-hybridized carbons (Fsp3) is 0.400. The summed E-state index contributed by atoms with van der Waals surface area (Å²) < 4.78 is 6.98. The number of rotatable bonds is 8. The molecule has 0 aliphatic carbocycles. The molecule has 0 N–H and O–H groups in total. The molecule has 0 fully saturated rings. The van der Waals surface area contributed by atoms with E-state index in [0.717, 1.165) is 25.7 Å². The molecule has 0 heterocycles. The molecule has 1 nitrogen and oxygen atoms in total. The topological polar surface area (TPSA) is 9.23 Å². The van der Waals surface area contributed by atoms with Crippen molar-refractivity contribution in [2.45, 2.75) is 51.4 Å². The molecule has 2 aromatic rings. The molecule has 0 bridgehead atoms. The molecule has 0 saturated carbocycles. The quantitative estimate of drug-likeness (QED) is 0.504. The highest BCUT2D eigenvalue weighted by Gasteiger charge is 2.40. The summed E-state index contributed by atoms with van der Waals surface area (Å²) in [5.41, 5.74) is 0. The summed E-state index contributed by atoms with van der Waals surface area (Å²) in [5, 5.41) is 2.55. The van der Waals surface area contributed by atoms with Gasteiger partial charge >= 0.3 is 0 Å². The van der Waals surface area contributed by atoms with E-state index in [1.54, 1.807) is 0 Å². The normalized spacial score (nSPS) is 12.3. The van der Waals surface area contributed by atoms with Crippen LogP contribution >= 0.6 is 9.24 Å². The fourth-order valence-electron chi connectivity index (χ4n) is 3.28. The molecule has 0 aliphatic rings. The minimum atomic E-state index is -2.23. The Hall–Kier alpha value is -0.953. The van der Waals surface area contributed by atoms with Gasteiger partial charge in [-0.05, 0) is 29.8 Å². The third-order valence-corrected chi connectivity index (χ3v) is 9.02. The number of hydrogen-bond acceptors (Lipinski definition) is 1. The summed E-state index contributed by atoms with van der Waals surface area (Å²) >= 11 is 0. The van der Waals surface area contributed by atoms with Gasteiger partial charge in [0.1, 0.15) is 0 Å². The molecule has 2 rings (SSSR count). The van der Waals surface area contributed by atoms with Gasteiger partial charge in [-0.25, -0.2) is 0 Å². The fourth-order valence-corrected chi connectivity index (χ4v) is 7.80. The van der Waals surface area contributed by atoms with E-state index in [1.165, 1.54) is 10.4 Å². The maximum atomic E-state index is 6.98. The Morgan fingerprint density at radius 3 is 1.57 bits per heavy atom. The maximum absolute atomic E-state index is 6.98.